The lowest BCUT2D eigenvalue weighted by molar-refractivity contribution is 0.0607. The van der Waals surface area contributed by atoms with E-state index in [-0.39, 0.29) is 23.8 Å². The van der Waals surface area contributed by atoms with Crippen molar-refractivity contribution in [2.75, 3.05) is 12.0 Å². The number of ketones is 1. The quantitative estimate of drug-likeness (QED) is 0.498. The van der Waals surface area contributed by atoms with Crippen LogP contribution in [-0.2, 0) is 9.84 Å². The average Bonchev–Trinajstić information content (AvgIpc) is 2.66. The average molecular weight is 476 g/mol. The molecule has 1 aliphatic heterocycles. The summed E-state index contributed by atoms with van der Waals surface area (Å²) in [7, 11) is -3.37. The summed E-state index contributed by atoms with van der Waals surface area (Å²) < 4.78 is 29.8. The van der Waals surface area contributed by atoms with Crippen LogP contribution in [0.3, 0.4) is 0 Å². The largest absolute Gasteiger partial charge is 0.469 e. The molecule has 0 aliphatic carbocycles. The van der Waals surface area contributed by atoms with Crippen molar-refractivity contribution in [2.24, 2.45) is 0 Å². The van der Waals surface area contributed by atoms with Crippen LogP contribution >= 0.6 is 23.2 Å². The van der Waals surface area contributed by atoms with Crippen LogP contribution in [-0.4, -0.2) is 36.8 Å². The van der Waals surface area contributed by atoms with E-state index in [1.165, 1.54) is 0 Å². The highest BCUT2D eigenvalue weighted by atomic mass is 35.5. The second-order valence-corrected chi connectivity index (χ2v) is 10.9. The van der Waals surface area contributed by atoms with Gasteiger partial charge in [-0.15, -0.1) is 0 Å². The Kier molecular flexibility index (Phi) is 5.58. The topological polar surface area (TPSA) is 73.3 Å². The first-order valence-corrected chi connectivity index (χ1v) is 12.3. The van der Waals surface area contributed by atoms with Crippen LogP contribution in [0.5, 0.6) is 5.88 Å². The SMILES string of the molecule is CC1(CS(C)(=O)=O)CC(=O)c2cc(-c3ccc(Cl)cc3)c(-c3ccccc3Cl)nc2O1. The lowest BCUT2D eigenvalue weighted by Gasteiger charge is -2.34. The minimum Gasteiger partial charge on any atom is -0.469 e. The maximum atomic E-state index is 13.0. The summed E-state index contributed by atoms with van der Waals surface area (Å²) >= 11 is 12.5. The Bertz CT molecular complexity index is 1290. The van der Waals surface area contributed by atoms with Crippen LogP contribution in [0.25, 0.3) is 22.4 Å². The lowest BCUT2D eigenvalue weighted by Crippen LogP contribution is -2.45. The Morgan fingerprint density at radius 3 is 2.35 bits per heavy atom. The van der Waals surface area contributed by atoms with E-state index in [4.69, 9.17) is 27.9 Å². The summed E-state index contributed by atoms with van der Waals surface area (Å²) in [5, 5.41) is 1.08. The number of fused-ring (bicyclic) bond motifs is 1. The molecule has 1 aliphatic rings. The molecule has 31 heavy (non-hydrogen) atoms. The van der Waals surface area contributed by atoms with Gasteiger partial charge in [0.15, 0.2) is 15.6 Å². The van der Waals surface area contributed by atoms with Crippen LogP contribution in [0.1, 0.15) is 23.7 Å². The molecule has 0 saturated carbocycles. The van der Waals surface area contributed by atoms with Gasteiger partial charge in [0.2, 0.25) is 5.88 Å². The number of hydrogen-bond donors (Lipinski definition) is 0. The van der Waals surface area contributed by atoms with Gasteiger partial charge in [-0.3, -0.25) is 4.79 Å². The molecule has 4 rings (SSSR count). The summed E-state index contributed by atoms with van der Waals surface area (Å²) in [6.07, 6.45) is 1.06. The van der Waals surface area contributed by atoms with Crippen LogP contribution in [0.2, 0.25) is 10.0 Å². The number of halogens is 2. The van der Waals surface area contributed by atoms with Gasteiger partial charge in [0.05, 0.1) is 23.4 Å². The van der Waals surface area contributed by atoms with E-state index < -0.39 is 15.4 Å². The van der Waals surface area contributed by atoms with Gasteiger partial charge >= 0.3 is 0 Å². The monoisotopic (exact) mass is 475 g/mol. The minimum atomic E-state index is -3.37. The first kappa shape index (κ1) is 21.8. The molecule has 1 unspecified atom stereocenters. The third-order valence-corrected chi connectivity index (χ3v) is 6.73. The van der Waals surface area contributed by atoms with Crippen molar-refractivity contribution in [3.63, 3.8) is 0 Å². The molecule has 0 saturated heterocycles. The Morgan fingerprint density at radius 1 is 1.03 bits per heavy atom. The van der Waals surface area contributed by atoms with E-state index in [1.54, 1.807) is 31.2 Å². The second kappa shape index (κ2) is 7.93. The van der Waals surface area contributed by atoms with E-state index >= 15 is 0 Å². The summed E-state index contributed by atoms with van der Waals surface area (Å²) in [5.41, 5.74) is 1.83. The third kappa shape index (κ3) is 4.61. The first-order chi connectivity index (χ1) is 14.5. The maximum absolute atomic E-state index is 13.0. The number of hydrogen-bond acceptors (Lipinski definition) is 5. The number of rotatable bonds is 4. The molecule has 5 nitrogen and oxygen atoms in total. The van der Waals surface area contributed by atoms with Gasteiger partial charge in [-0.2, -0.15) is 0 Å². The summed E-state index contributed by atoms with van der Waals surface area (Å²) in [5.74, 6) is -0.399. The third-order valence-electron chi connectivity index (χ3n) is 5.02. The zero-order valence-corrected chi connectivity index (χ0v) is 19.2. The molecule has 1 atom stereocenters. The van der Waals surface area contributed by atoms with Gasteiger partial charge in [0.1, 0.15) is 5.60 Å². The Morgan fingerprint density at radius 2 is 1.71 bits per heavy atom. The number of aromatic nitrogens is 1. The van der Waals surface area contributed by atoms with Gasteiger partial charge in [0, 0.05) is 27.4 Å². The normalized spacial score (nSPS) is 18.4. The summed E-state index contributed by atoms with van der Waals surface area (Å²) in [4.78, 5) is 17.6. The Balaban J connectivity index is 1.93. The highest BCUT2D eigenvalue weighted by molar-refractivity contribution is 7.90. The van der Waals surface area contributed by atoms with Crippen LogP contribution in [0.4, 0.5) is 0 Å². The number of benzene rings is 2. The van der Waals surface area contributed by atoms with Crippen molar-refractivity contribution in [1.82, 2.24) is 4.98 Å². The number of pyridine rings is 1. The molecule has 0 N–H and O–H groups in total. The first-order valence-electron chi connectivity index (χ1n) is 9.50. The number of Topliss-reactive ketones (excluding diaryl/α,β-unsaturated/α-hetero) is 1. The number of sulfone groups is 1. The molecule has 3 aromatic rings. The fourth-order valence-corrected chi connectivity index (χ4v) is 5.44. The standard InChI is InChI=1S/C23H19Cl2NO4S/c1-23(13-31(2,28)29)12-20(27)18-11-17(14-7-9-15(24)10-8-14)21(26-22(18)30-23)16-5-3-4-6-19(16)25/h3-11H,12-13H2,1-2H3. The van der Waals surface area contributed by atoms with Crippen molar-refractivity contribution in [3.05, 3.63) is 70.2 Å². The second-order valence-electron chi connectivity index (χ2n) is 7.95. The van der Waals surface area contributed by atoms with Gasteiger partial charge in [-0.1, -0.05) is 53.5 Å². The smallest absolute Gasteiger partial charge is 0.225 e. The van der Waals surface area contributed by atoms with E-state index in [1.807, 2.05) is 30.3 Å². The summed E-state index contributed by atoms with van der Waals surface area (Å²) in [6.45, 7) is 1.61. The van der Waals surface area contributed by atoms with Gasteiger partial charge in [-0.25, -0.2) is 13.4 Å². The highest BCUT2D eigenvalue weighted by Gasteiger charge is 2.40. The maximum Gasteiger partial charge on any atom is 0.225 e. The van der Waals surface area contributed by atoms with Crippen LogP contribution in [0, 0.1) is 0 Å². The number of nitrogens with zero attached hydrogens (tertiary/aromatic N) is 1. The van der Waals surface area contributed by atoms with Crippen LogP contribution < -0.4 is 4.74 Å². The molecule has 0 fully saturated rings. The van der Waals surface area contributed by atoms with Crippen molar-refractivity contribution < 1.29 is 17.9 Å². The predicted molar refractivity (Wildman–Crippen MR) is 123 cm³/mol. The fourth-order valence-electron chi connectivity index (χ4n) is 3.82. The fraction of sp³-hybridized carbons (Fsp3) is 0.217. The van der Waals surface area contributed by atoms with Crippen molar-refractivity contribution in [1.29, 1.82) is 0 Å². The van der Waals surface area contributed by atoms with Crippen molar-refractivity contribution >= 4 is 38.8 Å². The molecule has 0 amide bonds. The minimum absolute atomic E-state index is 0.0553. The molecule has 0 radical (unpaired) electrons. The van der Waals surface area contributed by atoms with E-state index in [9.17, 15) is 13.2 Å². The number of ether oxygens (including phenoxy) is 1. The molecule has 8 heteroatoms. The molecule has 160 valence electrons. The van der Waals surface area contributed by atoms with E-state index in [2.05, 4.69) is 4.98 Å². The number of carbonyl (C=O) groups excluding carboxylic acids is 1. The molecule has 0 spiro atoms. The van der Waals surface area contributed by atoms with Crippen LogP contribution in [0.15, 0.2) is 54.6 Å². The zero-order chi connectivity index (χ0) is 22.4. The molecular weight excluding hydrogens is 457 g/mol. The lowest BCUT2D eigenvalue weighted by atomic mass is 9.91. The zero-order valence-electron chi connectivity index (χ0n) is 16.9. The molecule has 0 bridgehead atoms. The van der Waals surface area contributed by atoms with E-state index in [0.29, 0.717) is 32.4 Å². The highest BCUT2D eigenvalue weighted by Crippen LogP contribution is 2.41. The summed E-state index contributed by atoms with van der Waals surface area (Å²) in [6, 6.07) is 16.2. The Labute approximate surface area is 190 Å². The van der Waals surface area contributed by atoms with E-state index in [0.717, 1.165) is 11.8 Å². The van der Waals surface area contributed by atoms with Gasteiger partial charge in [0.25, 0.3) is 0 Å². The van der Waals surface area contributed by atoms with Gasteiger partial charge < -0.3 is 4.74 Å². The molecule has 1 aromatic heterocycles. The predicted octanol–water partition coefficient (Wildman–Crippen LogP) is 5.49. The number of carbonyl (C=O) groups is 1. The molecular formula is C23H19Cl2NO4S. The van der Waals surface area contributed by atoms with Crippen molar-refractivity contribution in [3.8, 4) is 28.3 Å². The Hall–Kier alpha value is -2.41. The molecule has 2 aromatic carbocycles. The van der Waals surface area contributed by atoms with Crippen molar-refractivity contribution in [2.45, 2.75) is 18.9 Å². The molecule has 2 heterocycles. The van der Waals surface area contributed by atoms with Gasteiger partial charge in [-0.05, 0) is 36.8 Å².